The molecule has 1 aromatic carbocycles. The lowest BCUT2D eigenvalue weighted by molar-refractivity contribution is 0.112. The summed E-state index contributed by atoms with van der Waals surface area (Å²) in [5, 5.41) is 10.4. The molecule has 0 saturated carbocycles. The molecule has 66 valence electrons. The van der Waals surface area contributed by atoms with Crippen LogP contribution in [-0.2, 0) is 0 Å². The van der Waals surface area contributed by atoms with Crippen LogP contribution in [0.15, 0.2) is 18.2 Å². The molecule has 1 N–H and O–H groups in total. The van der Waals surface area contributed by atoms with Crippen molar-refractivity contribution < 1.29 is 9.90 Å². The monoisotopic (exact) mass is 192 g/mol. The van der Waals surface area contributed by atoms with E-state index in [1.807, 2.05) is 19.1 Å². The van der Waals surface area contributed by atoms with Crippen molar-refractivity contribution in [3.05, 3.63) is 28.6 Å². The van der Waals surface area contributed by atoms with E-state index in [1.165, 1.54) is 11.3 Å². The summed E-state index contributed by atoms with van der Waals surface area (Å²) in [4.78, 5) is 11.2. The molecule has 0 aliphatic heterocycles. The first-order valence-electron chi connectivity index (χ1n) is 3.89. The van der Waals surface area contributed by atoms with Crippen LogP contribution in [0.4, 0.5) is 0 Å². The van der Waals surface area contributed by atoms with Crippen LogP contribution in [0.3, 0.4) is 0 Å². The summed E-state index contributed by atoms with van der Waals surface area (Å²) < 4.78 is 0.949. The van der Waals surface area contributed by atoms with E-state index < -0.39 is 0 Å². The van der Waals surface area contributed by atoms with Crippen LogP contribution in [0.2, 0.25) is 0 Å². The van der Waals surface area contributed by atoms with Crippen molar-refractivity contribution >= 4 is 27.7 Å². The minimum atomic E-state index is 0.284. The third kappa shape index (κ3) is 1.31. The maximum atomic E-state index is 10.5. The van der Waals surface area contributed by atoms with E-state index in [2.05, 4.69) is 0 Å². The molecule has 0 atom stereocenters. The maximum absolute atomic E-state index is 10.5. The summed E-state index contributed by atoms with van der Waals surface area (Å²) in [6.45, 7) is 1.84. The highest BCUT2D eigenvalue weighted by Gasteiger charge is 2.03. The number of carbonyl (C=O) groups excluding carboxylic acids is 1. The highest BCUT2D eigenvalue weighted by atomic mass is 32.1. The van der Waals surface area contributed by atoms with Crippen molar-refractivity contribution in [3.63, 3.8) is 0 Å². The Bertz CT molecular complexity index is 432. The van der Waals surface area contributed by atoms with Gasteiger partial charge in [-0.05, 0) is 36.1 Å². The largest absolute Gasteiger partial charge is 0.508 e. The second-order valence-electron chi connectivity index (χ2n) is 2.94. The van der Waals surface area contributed by atoms with Gasteiger partial charge in [0.05, 0.1) is 4.88 Å². The molecule has 2 aromatic rings. The maximum Gasteiger partial charge on any atom is 0.160 e. The number of aldehydes is 1. The highest BCUT2D eigenvalue weighted by Crippen LogP contribution is 2.30. The van der Waals surface area contributed by atoms with Gasteiger partial charge in [-0.1, -0.05) is 0 Å². The minimum absolute atomic E-state index is 0.284. The van der Waals surface area contributed by atoms with Crippen molar-refractivity contribution in [2.24, 2.45) is 0 Å². The summed E-state index contributed by atoms with van der Waals surface area (Å²) in [7, 11) is 0. The molecule has 0 saturated heterocycles. The van der Waals surface area contributed by atoms with Crippen LogP contribution < -0.4 is 0 Å². The molecule has 3 heteroatoms. The smallest absolute Gasteiger partial charge is 0.160 e. The zero-order valence-corrected chi connectivity index (χ0v) is 7.89. The van der Waals surface area contributed by atoms with Gasteiger partial charge < -0.3 is 5.11 Å². The molecular formula is C10H8O2S. The number of carbonyl (C=O) groups is 1. The number of hydrogen-bond donors (Lipinski definition) is 1. The molecule has 0 bridgehead atoms. The lowest BCUT2D eigenvalue weighted by atomic mass is 10.1. The Morgan fingerprint density at radius 2 is 2.15 bits per heavy atom. The topological polar surface area (TPSA) is 37.3 Å². The van der Waals surface area contributed by atoms with Gasteiger partial charge >= 0.3 is 0 Å². The SMILES string of the molecule is Cc1cc2cc(C=O)sc2cc1O. The number of phenols is 1. The molecular weight excluding hydrogens is 184 g/mol. The lowest BCUT2D eigenvalue weighted by Crippen LogP contribution is -1.72. The Balaban J connectivity index is 2.77. The average molecular weight is 192 g/mol. The number of phenolic OH excluding ortho intramolecular Hbond substituents is 1. The normalized spacial score (nSPS) is 10.5. The third-order valence-electron chi connectivity index (χ3n) is 1.97. The van der Waals surface area contributed by atoms with E-state index in [-0.39, 0.29) is 5.75 Å². The van der Waals surface area contributed by atoms with Gasteiger partial charge in [-0.2, -0.15) is 0 Å². The molecule has 0 aliphatic carbocycles. The quantitative estimate of drug-likeness (QED) is 0.705. The molecule has 0 radical (unpaired) electrons. The number of benzene rings is 1. The van der Waals surface area contributed by atoms with Gasteiger partial charge in [-0.25, -0.2) is 0 Å². The van der Waals surface area contributed by atoms with Gasteiger partial charge in [-0.3, -0.25) is 4.79 Å². The molecule has 1 aromatic heterocycles. The standard InChI is InChI=1S/C10H8O2S/c1-6-2-7-3-8(5-11)13-10(7)4-9(6)12/h2-5,12H,1H3. The number of aryl methyl sites for hydroxylation is 1. The summed E-state index contributed by atoms with van der Waals surface area (Å²) in [6, 6.07) is 5.41. The minimum Gasteiger partial charge on any atom is -0.508 e. The first-order chi connectivity index (χ1) is 6.20. The number of fused-ring (bicyclic) bond motifs is 1. The van der Waals surface area contributed by atoms with Gasteiger partial charge in [0.15, 0.2) is 6.29 Å². The third-order valence-corrected chi connectivity index (χ3v) is 2.99. The van der Waals surface area contributed by atoms with Gasteiger partial charge in [0.1, 0.15) is 5.75 Å². The first-order valence-corrected chi connectivity index (χ1v) is 4.70. The number of aromatic hydroxyl groups is 1. The average Bonchev–Trinajstić information content (AvgIpc) is 2.48. The number of hydrogen-bond acceptors (Lipinski definition) is 3. The van der Waals surface area contributed by atoms with E-state index in [0.717, 1.165) is 21.9 Å². The second kappa shape index (κ2) is 2.85. The van der Waals surface area contributed by atoms with Crippen LogP contribution in [0.25, 0.3) is 10.1 Å². The molecule has 0 aliphatic rings. The Kier molecular flexibility index (Phi) is 1.81. The van der Waals surface area contributed by atoms with E-state index >= 15 is 0 Å². The molecule has 2 rings (SSSR count). The van der Waals surface area contributed by atoms with Crippen LogP contribution in [-0.4, -0.2) is 11.4 Å². The molecule has 13 heavy (non-hydrogen) atoms. The predicted molar refractivity (Wildman–Crippen MR) is 53.6 cm³/mol. The highest BCUT2D eigenvalue weighted by molar-refractivity contribution is 7.20. The van der Waals surface area contributed by atoms with E-state index in [1.54, 1.807) is 6.07 Å². The summed E-state index contributed by atoms with van der Waals surface area (Å²) in [5.41, 5.74) is 0.836. The van der Waals surface area contributed by atoms with Crippen LogP contribution in [0.5, 0.6) is 5.75 Å². The van der Waals surface area contributed by atoms with Crippen molar-refractivity contribution in [3.8, 4) is 5.75 Å². The first kappa shape index (κ1) is 8.26. The fourth-order valence-corrected chi connectivity index (χ4v) is 2.16. The fraction of sp³-hybridized carbons (Fsp3) is 0.100. The van der Waals surface area contributed by atoms with Crippen molar-refractivity contribution in [2.75, 3.05) is 0 Å². The molecule has 1 heterocycles. The molecule has 0 amide bonds. The van der Waals surface area contributed by atoms with Crippen molar-refractivity contribution in [1.29, 1.82) is 0 Å². The number of rotatable bonds is 1. The van der Waals surface area contributed by atoms with E-state index in [9.17, 15) is 9.90 Å². The van der Waals surface area contributed by atoms with Gasteiger partial charge in [0.2, 0.25) is 0 Å². The Hall–Kier alpha value is -1.35. The van der Waals surface area contributed by atoms with Crippen LogP contribution in [0.1, 0.15) is 15.2 Å². The molecule has 2 nitrogen and oxygen atoms in total. The predicted octanol–water partition coefficient (Wildman–Crippen LogP) is 2.73. The molecule has 0 unspecified atom stereocenters. The number of thiophene rings is 1. The van der Waals surface area contributed by atoms with E-state index in [4.69, 9.17) is 0 Å². The molecule has 0 fully saturated rings. The Morgan fingerprint density at radius 1 is 1.38 bits per heavy atom. The Morgan fingerprint density at radius 3 is 2.85 bits per heavy atom. The van der Waals surface area contributed by atoms with Crippen molar-refractivity contribution in [1.82, 2.24) is 0 Å². The zero-order valence-electron chi connectivity index (χ0n) is 7.07. The molecule has 0 spiro atoms. The van der Waals surface area contributed by atoms with E-state index in [0.29, 0.717) is 4.88 Å². The van der Waals surface area contributed by atoms with Gasteiger partial charge in [-0.15, -0.1) is 11.3 Å². The van der Waals surface area contributed by atoms with Gasteiger partial charge in [0, 0.05) is 4.70 Å². The lowest BCUT2D eigenvalue weighted by Gasteiger charge is -1.96. The van der Waals surface area contributed by atoms with Crippen LogP contribution >= 0.6 is 11.3 Å². The Labute approximate surface area is 79.4 Å². The summed E-state index contributed by atoms with van der Waals surface area (Å²) in [6.07, 6.45) is 0.830. The van der Waals surface area contributed by atoms with Gasteiger partial charge in [0.25, 0.3) is 0 Å². The van der Waals surface area contributed by atoms with Crippen molar-refractivity contribution in [2.45, 2.75) is 6.92 Å². The fourth-order valence-electron chi connectivity index (χ4n) is 1.27. The second-order valence-corrected chi connectivity index (χ2v) is 4.06. The van der Waals surface area contributed by atoms with Crippen LogP contribution in [0, 0.1) is 6.92 Å². The summed E-state index contributed by atoms with van der Waals surface area (Å²) in [5.74, 6) is 0.284. The summed E-state index contributed by atoms with van der Waals surface area (Å²) >= 11 is 1.39. The zero-order chi connectivity index (χ0) is 9.42.